The van der Waals surface area contributed by atoms with Crippen molar-refractivity contribution in [2.45, 2.75) is 13.5 Å². The summed E-state index contributed by atoms with van der Waals surface area (Å²) in [6.07, 6.45) is 0. The first-order chi connectivity index (χ1) is 8.69. The Morgan fingerprint density at radius 1 is 1.33 bits per heavy atom. The monoisotopic (exact) mass is 239 g/mol. The molecule has 4 nitrogen and oxygen atoms in total. The molecule has 0 bridgehead atoms. The third-order valence-electron chi connectivity index (χ3n) is 2.46. The van der Waals surface area contributed by atoms with Crippen LogP contribution in [0.15, 0.2) is 36.4 Å². The number of rotatable bonds is 3. The van der Waals surface area contributed by atoms with E-state index in [1.54, 1.807) is 18.2 Å². The molecule has 0 atom stereocenters. The number of nitriles is 1. The second kappa shape index (κ2) is 5.19. The van der Waals surface area contributed by atoms with Gasteiger partial charge < -0.3 is 10.5 Å². The molecule has 0 aliphatic carbocycles. The van der Waals surface area contributed by atoms with Gasteiger partial charge in [-0.15, -0.1) is 0 Å². The summed E-state index contributed by atoms with van der Waals surface area (Å²) in [5, 5.41) is 8.73. The highest BCUT2D eigenvalue weighted by atomic mass is 16.5. The summed E-state index contributed by atoms with van der Waals surface area (Å²) >= 11 is 0. The van der Waals surface area contributed by atoms with Crippen LogP contribution in [0.4, 0.5) is 5.69 Å². The minimum absolute atomic E-state index is 0.359. The fraction of sp³-hybridized carbons (Fsp3) is 0.143. The third-order valence-corrected chi connectivity index (χ3v) is 2.46. The lowest BCUT2D eigenvalue weighted by Crippen LogP contribution is -2.01. The minimum Gasteiger partial charge on any atom is -0.485 e. The first kappa shape index (κ1) is 11.9. The van der Waals surface area contributed by atoms with Crippen LogP contribution in [0.5, 0.6) is 5.75 Å². The molecule has 0 saturated carbocycles. The molecular weight excluding hydrogens is 226 g/mol. The Labute approximate surface area is 106 Å². The molecule has 0 unspecified atom stereocenters. The number of nitrogen functional groups attached to an aromatic ring is 1. The standard InChI is InChI=1S/C14H13N3O/c1-10-3-2-4-12(17-10)9-18-14-6-5-11(8-15)7-13(14)16/h2-7H,9,16H2,1H3. The molecule has 1 aromatic heterocycles. The van der Waals surface area contributed by atoms with Crippen LogP contribution in [0, 0.1) is 18.3 Å². The average Bonchev–Trinajstić information content (AvgIpc) is 2.37. The Kier molecular flexibility index (Phi) is 3.44. The van der Waals surface area contributed by atoms with E-state index in [4.69, 9.17) is 15.7 Å². The summed E-state index contributed by atoms with van der Waals surface area (Å²) in [6, 6.07) is 12.8. The van der Waals surface area contributed by atoms with Crippen molar-refractivity contribution in [2.75, 3.05) is 5.73 Å². The summed E-state index contributed by atoms with van der Waals surface area (Å²) in [6.45, 7) is 2.29. The molecule has 4 heteroatoms. The normalized spacial score (nSPS) is 9.78. The lowest BCUT2D eigenvalue weighted by molar-refractivity contribution is 0.303. The van der Waals surface area contributed by atoms with Crippen LogP contribution >= 0.6 is 0 Å². The van der Waals surface area contributed by atoms with Crippen LogP contribution in [-0.4, -0.2) is 4.98 Å². The lowest BCUT2D eigenvalue weighted by atomic mass is 10.2. The highest BCUT2D eigenvalue weighted by Crippen LogP contribution is 2.23. The smallest absolute Gasteiger partial charge is 0.142 e. The van der Waals surface area contributed by atoms with Crippen molar-refractivity contribution in [3.8, 4) is 11.8 Å². The van der Waals surface area contributed by atoms with E-state index in [1.165, 1.54) is 0 Å². The topological polar surface area (TPSA) is 71.9 Å². The van der Waals surface area contributed by atoms with Crippen molar-refractivity contribution in [1.29, 1.82) is 5.26 Å². The summed E-state index contributed by atoms with van der Waals surface area (Å²) in [5.41, 5.74) is 8.57. The van der Waals surface area contributed by atoms with E-state index in [1.807, 2.05) is 31.2 Å². The van der Waals surface area contributed by atoms with Gasteiger partial charge >= 0.3 is 0 Å². The molecule has 90 valence electrons. The maximum absolute atomic E-state index is 8.73. The van der Waals surface area contributed by atoms with Gasteiger partial charge in [0.05, 0.1) is 23.0 Å². The molecule has 0 radical (unpaired) electrons. The van der Waals surface area contributed by atoms with E-state index in [9.17, 15) is 0 Å². The largest absolute Gasteiger partial charge is 0.485 e. The number of pyridine rings is 1. The fourth-order valence-electron chi connectivity index (χ4n) is 1.58. The molecule has 0 aliphatic rings. The Hall–Kier alpha value is -2.54. The van der Waals surface area contributed by atoms with Crippen LogP contribution in [0.25, 0.3) is 0 Å². The van der Waals surface area contributed by atoms with E-state index in [-0.39, 0.29) is 0 Å². The SMILES string of the molecule is Cc1cccc(COc2ccc(C#N)cc2N)n1. The molecule has 0 amide bonds. The van der Waals surface area contributed by atoms with Gasteiger partial charge in [-0.1, -0.05) is 6.07 Å². The van der Waals surface area contributed by atoms with Gasteiger partial charge in [0.1, 0.15) is 12.4 Å². The number of benzene rings is 1. The number of aromatic nitrogens is 1. The summed E-state index contributed by atoms with van der Waals surface area (Å²) < 4.78 is 5.58. The number of hydrogen-bond donors (Lipinski definition) is 1. The number of aryl methyl sites for hydroxylation is 1. The highest BCUT2D eigenvalue weighted by molar-refractivity contribution is 5.56. The lowest BCUT2D eigenvalue weighted by Gasteiger charge is -2.08. The zero-order valence-electron chi connectivity index (χ0n) is 10.1. The number of ether oxygens (including phenoxy) is 1. The van der Waals surface area contributed by atoms with Crippen molar-refractivity contribution in [1.82, 2.24) is 4.98 Å². The Morgan fingerprint density at radius 3 is 2.83 bits per heavy atom. The first-order valence-electron chi connectivity index (χ1n) is 5.54. The average molecular weight is 239 g/mol. The van der Waals surface area contributed by atoms with Crippen molar-refractivity contribution in [2.24, 2.45) is 0 Å². The third kappa shape index (κ3) is 2.77. The van der Waals surface area contributed by atoms with Crippen LogP contribution < -0.4 is 10.5 Å². The van der Waals surface area contributed by atoms with Crippen LogP contribution in [0.1, 0.15) is 17.0 Å². The van der Waals surface area contributed by atoms with Crippen molar-refractivity contribution in [3.05, 3.63) is 53.3 Å². The van der Waals surface area contributed by atoms with Crippen molar-refractivity contribution < 1.29 is 4.74 Å². The van der Waals surface area contributed by atoms with E-state index in [0.717, 1.165) is 11.4 Å². The quantitative estimate of drug-likeness (QED) is 0.835. The van der Waals surface area contributed by atoms with Crippen LogP contribution in [-0.2, 0) is 6.61 Å². The Bertz CT molecular complexity index is 602. The molecule has 1 aromatic carbocycles. The maximum Gasteiger partial charge on any atom is 0.142 e. The maximum atomic E-state index is 8.73. The van der Waals surface area contributed by atoms with Gasteiger partial charge in [-0.2, -0.15) is 5.26 Å². The molecule has 2 rings (SSSR count). The van der Waals surface area contributed by atoms with Gasteiger partial charge in [-0.05, 0) is 37.3 Å². The van der Waals surface area contributed by atoms with Crippen molar-refractivity contribution >= 4 is 5.69 Å². The molecular formula is C14H13N3O. The second-order valence-electron chi connectivity index (χ2n) is 3.92. The number of anilines is 1. The van der Waals surface area contributed by atoms with Gasteiger partial charge in [-0.25, -0.2) is 0 Å². The zero-order valence-corrected chi connectivity index (χ0v) is 10.1. The van der Waals surface area contributed by atoms with E-state index >= 15 is 0 Å². The number of nitrogens with two attached hydrogens (primary N) is 1. The first-order valence-corrected chi connectivity index (χ1v) is 5.54. The molecule has 0 spiro atoms. The molecule has 18 heavy (non-hydrogen) atoms. The van der Waals surface area contributed by atoms with Gasteiger partial charge in [0.15, 0.2) is 0 Å². The summed E-state index contributed by atoms with van der Waals surface area (Å²) in [5.74, 6) is 0.567. The Morgan fingerprint density at radius 2 is 2.17 bits per heavy atom. The van der Waals surface area contributed by atoms with Gasteiger partial charge in [-0.3, -0.25) is 4.98 Å². The zero-order chi connectivity index (χ0) is 13.0. The van der Waals surface area contributed by atoms with Crippen molar-refractivity contribution in [3.63, 3.8) is 0 Å². The summed E-state index contributed by atoms with van der Waals surface area (Å²) in [7, 11) is 0. The number of nitrogens with zero attached hydrogens (tertiary/aromatic N) is 2. The van der Waals surface area contributed by atoms with Crippen LogP contribution in [0.3, 0.4) is 0 Å². The molecule has 0 saturated heterocycles. The summed E-state index contributed by atoms with van der Waals surface area (Å²) in [4.78, 5) is 4.33. The molecule has 2 N–H and O–H groups in total. The Balaban J connectivity index is 2.09. The highest BCUT2D eigenvalue weighted by Gasteiger charge is 2.03. The number of hydrogen-bond acceptors (Lipinski definition) is 4. The molecule has 1 heterocycles. The predicted octanol–water partition coefficient (Wildman–Crippen LogP) is 2.42. The van der Waals surface area contributed by atoms with Gasteiger partial charge in [0.2, 0.25) is 0 Å². The fourth-order valence-corrected chi connectivity index (χ4v) is 1.58. The second-order valence-corrected chi connectivity index (χ2v) is 3.92. The van der Waals surface area contributed by atoms with Crippen LogP contribution in [0.2, 0.25) is 0 Å². The van der Waals surface area contributed by atoms with Gasteiger partial charge in [0, 0.05) is 5.69 Å². The van der Waals surface area contributed by atoms with E-state index < -0.39 is 0 Å². The van der Waals surface area contributed by atoms with E-state index in [2.05, 4.69) is 4.98 Å². The van der Waals surface area contributed by atoms with Gasteiger partial charge in [0.25, 0.3) is 0 Å². The van der Waals surface area contributed by atoms with E-state index in [0.29, 0.717) is 23.6 Å². The molecule has 0 fully saturated rings. The molecule has 0 aliphatic heterocycles. The minimum atomic E-state index is 0.359. The predicted molar refractivity (Wildman–Crippen MR) is 68.9 cm³/mol. The molecule has 2 aromatic rings.